The summed E-state index contributed by atoms with van der Waals surface area (Å²) in [5.74, 6) is -0.244. The number of halogens is 1. The minimum Gasteiger partial charge on any atom is -0.387 e. The van der Waals surface area contributed by atoms with Crippen molar-refractivity contribution in [3.63, 3.8) is 0 Å². The lowest BCUT2D eigenvalue weighted by Crippen LogP contribution is -2.23. The Bertz CT molecular complexity index is 1640. The molecule has 9 nitrogen and oxygen atoms in total. The molecule has 0 fully saturated rings. The summed E-state index contributed by atoms with van der Waals surface area (Å²) in [6.45, 7) is 5.33. The maximum Gasteiger partial charge on any atom is 0.295 e. The molecule has 0 unspecified atom stereocenters. The summed E-state index contributed by atoms with van der Waals surface area (Å²) in [6, 6.07) is 16.3. The van der Waals surface area contributed by atoms with E-state index < -0.39 is 0 Å². The number of Topliss-reactive ketones (excluding diaryl/α,β-unsaturated/α-hetero) is 1. The summed E-state index contributed by atoms with van der Waals surface area (Å²) < 4.78 is 5.27. The number of nitrogens with zero attached hydrogens (tertiary/aromatic N) is 6. The van der Waals surface area contributed by atoms with E-state index in [2.05, 4.69) is 10.3 Å². The van der Waals surface area contributed by atoms with E-state index in [-0.39, 0.29) is 17.9 Å². The number of fused-ring (bicyclic) bond motifs is 1. The van der Waals surface area contributed by atoms with Crippen LogP contribution in [0.5, 0.6) is 0 Å². The van der Waals surface area contributed by atoms with Gasteiger partial charge in [0.2, 0.25) is 5.78 Å². The predicted octanol–water partition coefficient (Wildman–Crippen LogP) is 3.60. The smallest absolute Gasteiger partial charge is 0.295 e. The van der Waals surface area contributed by atoms with Gasteiger partial charge in [0.1, 0.15) is 16.7 Å². The van der Waals surface area contributed by atoms with Crippen LogP contribution < -0.4 is 10.4 Å². The Labute approximate surface area is 205 Å². The number of carbonyl (C=O) groups is 1. The van der Waals surface area contributed by atoms with Crippen molar-refractivity contribution in [3.8, 4) is 11.4 Å². The number of benzene rings is 2. The molecule has 35 heavy (non-hydrogen) atoms. The number of carbonyl (C=O) groups excluding carboxylic acids is 1. The molecule has 0 spiro atoms. The van der Waals surface area contributed by atoms with Gasteiger partial charge < -0.3 is 9.40 Å². The van der Waals surface area contributed by atoms with Crippen molar-refractivity contribution in [1.29, 1.82) is 0 Å². The highest BCUT2D eigenvalue weighted by Gasteiger charge is 2.24. The summed E-state index contributed by atoms with van der Waals surface area (Å²) in [4.78, 5) is 33.4. The van der Waals surface area contributed by atoms with E-state index in [1.54, 1.807) is 28.9 Å². The predicted molar refractivity (Wildman–Crippen MR) is 133 cm³/mol. The fraction of sp³-hybridized carbons (Fsp3) is 0.200. The van der Waals surface area contributed by atoms with Gasteiger partial charge in [-0.25, -0.2) is 4.68 Å². The molecule has 5 aromatic rings. The van der Waals surface area contributed by atoms with Crippen molar-refractivity contribution in [2.75, 3.05) is 6.61 Å². The van der Waals surface area contributed by atoms with Crippen LogP contribution in [0.2, 0.25) is 5.02 Å². The fourth-order valence-corrected chi connectivity index (χ4v) is 4.53. The summed E-state index contributed by atoms with van der Waals surface area (Å²) in [5, 5.41) is 8.47. The number of hydrogen-bond acceptors (Lipinski definition) is 5. The van der Waals surface area contributed by atoms with Gasteiger partial charge in [0, 0.05) is 29.0 Å². The largest absolute Gasteiger partial charge is 0.387 e. The average molecular weight is 491 g/mol. The minimum atomic E-state index is -0.253. The van der Waals surface area contributed by atoms with E-state index in [0.29, 0.717) is 33.0 Å². The van der Waals surface area contributed by atoms with Crippen molar-refractivity contribution in [1.82, 2.24) is 29.1 Å². The van der Waals surface area contributed by atoms with Crippen molar-refractivity contribution < 1.29 is 9.63 Å². The Balaban J connectivity index is 1.48. The van der Waals surface area contributed by atoms with Crippen LogP contribution in [0.1, 0.15) is 27.4 Å². The molecule has 0 bridgehead atoms. The molecule has 0 aliphatic heterocycles. The zero-order chi connectivity index (χ0) is 24.9. The van der Waals surface area contributed by atoms with Crippen molar-refractivity contribution in [2.45, 2.75) is 20.8 Å². The Morgan fingerprint density at radius 2 is 1.77 bits per heavy atom. The molecule has 0 aliphatic rings. The van der Waals surface area contributed by atoms with E-state index in [9.17, 15) is 9.59 Å². The topological polar surface area (TPSA) is 88.9 Å². The lowest BCUT2D eigenvalue weighted by molar-refractivity contribution is 0.0630. The van der Waals surface area contributed by atoms with Gasteiger partial charge in [0.15, 0.2) is 6.61 Å². The van der Waals surface area contributed by atoms with Gasteiger partial charge >= 0.3 is 0 Å². The van der Waals surface area contributed by atoms with Crippen LogP contribution in [-0.2, 0) is 7.05 Å². The van der Waals surface area contributed by atoms with E-state index in [1.807, 2.05) is 67.4 Å². The first-order chi connectivity index (χ1) is 16.8. The quantitative estimate of drug-likeness (QED) is 0.339. The standard InChI is InChI=1S/C25H23ClN6O3/c1-15-12-20(23(33)14-35-32-22-13-18(26)10-11-21(22)27-28-32)16(2)30(15)24-17(3)29(4)31(25(24)34)19-8-6-5-7-9-19/h5-13H,14H2,1-4H3. The van der Waals surface area contributed by atoms with Crippen LogP contribution in [-0.4, -0.2) is 41.5 Å². The molecule has 0 amide bonds. The van der Waals surface area contributed by atoms with Gasteiger partial charge in [-0.3, -0.25) is 14.3 Å². The first kappa shape index (κ1) is 22.7. The maximum absolute atomic E-state index is 13.5. The molecular formula is C25H23ClN6O3. The van der Waals surface area contributed by atoms with Crippen LogP contribution in [0.4, 0.5) is 0 Å². The third-order valence-electron chi connectivity index (χ3n) is 6.17. The second-order valence-corrected chi connectivity index (χ2v) is 8.76. The highest BCUT2D eigenvalue weighted by molar-refractivity contribution is 6.31. The van der Waals surface area contributed by atoms with Crippen molar-refractivity contribution in [3.05, 3.63) is 92.6 Å². The Morgan fingerprint density at radius 1 is 1.03 bits per heavy atom. The Morgan fingerprint density at radius 3 is 2.51 bits per heavy atom. The molecule has 0 saturated carbocycles. The molecule has 10 heteroatoms. The number of para-hydroxylation sites is 1. The lowest BCUT2D eigenvalue weighted by atomic mass is 10.1. The minimum absolute atomic E-state index is 0.167. The molecule has 2 aromatic carbocycles. The first-order valence-corrected chi connectivity index (χ1v) is 11.4. The number of aryl methyl sites for hydroxylation is 1. The molecule has 5 rings (SSSR count). The second-order valence-electron chi connectivity index (χ2n) is 8.32. The zero-order valence-electron chi connectivity index (χ0n) is 19.7. The average Bonchev–Trinajstić information content (AvgIpc) is 3.45. The molecule has 0 N–H and O–H groups in total. The van der Waals surface area contributed by atoms with Gasteiger partial charge in [-0.1, -0.05) is 34.6 Å². The van der Waals surface area contributed by atoms with Crippen LogP contribution in [0.25, 0.3) is 22.4 Å². The molecule has 3 aromatic heterocycles. The summed E-state index contributed by atoms with van der Waals surface area (Å²) in [6.07, 6.45) is 0. The zero-order valence-corrected chi connectivity index (χ0v) is 20.4. The van der Waals surface area contributed by atoms with Gasteiger partial charge in [-0.05, 0) is 62.4 Å². The summed E-state index contributed by atoms with van der Waals surface area (Å²) >= 11 is 6.06. The van der Waals surface area contributed by atoms with E-state index >= 15 is 0 Å². The van der Waals surface area contributed by atoms with E-state index in [1.165, 1.54) is 4.85 Å². The number of aromatic nitrogens is 6. The van der Waals surface area contributed by atoms with Gasteiger partial charge in [-0.2, -0.15) is 0 Å². The molecule has 0 atom stereocenters. The molecule has 0 saturated heterocycles. The van der Waals surface area contributed by atoms with Gasteiger partial charge in [0.05, 0.1) is 11.4 Å². The summed E-state index contributed by atoms with van der Waals surface area (Å²) in [5.41, 5.74) is 4.96. The third-order valence-corrected chi connectivity index (χ3v) is 6.41. The van der Waals surface area contributed by atoms with E-state index in [0.717, 1.165) is 17.1 Å². The molecule has 0 radical (unpaired) electrons. The molecule has 3 heterocycles. The molecule has 0 aliphatic carbocycles. The van der Waals surface area contributed by atoms with Crippen LogP contribution in [0, 0.1) is 20.8 Å². The van der Waals surface area contributed by atoms with Crippen molar-refractivity contribution in [2.24, 2.45) is 7.05 Å². The third kappa shape index (κ3) is 3.74. The lowest BCUT2D eigenvalue weighted by Gasteiger charge is -2.09. The Kier molecular flexibility index (Phi) is 5.56. The first-order valence-electron chi connectivity index (χ1n) is 11.0. The van der Waals surface area contributed by atoms with Gasteiger partial charge in [-0.15, -0.1) is 5.10 Å². The number of hydrogen-bond donors (Lipinski definition) is 0. The summed E-state index contributed by atoms with van der Waals surface area (Å²) in [7, 11) is 1.84. The van der Waals surface area contributed by atoms with Gasteiger partial charge in [0.25, 0.3) is 5.56 Å². The molecule has 178 valence electrons. The monoisotopic (exact) mass is 490 g/mol. The highest BCUT2D eigenvalue weighted by Crippen LogP contribution is 2.23. The number of ketones is 1. The van der Waals surface area contributed by atoms with Crippen molar-refractivity contribution >= 4 is 28.4 Å². The normalized spacial score (nSPS) is 11.3. The van der Waals surface area contributed by atoms with Crippen LogP contribution >= 0.6 is 11.6 Å². The fourth-order valence-electron chi connectivity index (χ4n) is 4.37. The van der Waals surface area contributed by atoms with Crippen LogP contribution in [0.15, 0.2) is 59.4 Å². The second kappa shape index (κ2) is 8.59. The van der Waals surface area contributed by atoms with Crippen LogP contribution in [0.3, 0.4) is 0 Å². The SMILES string of the molecule is Cc1cc(C(=O)COn2nnc3ccc(Cl)cc32)c(C)n1-c1c(C)n(C)n(-c2ccccc2)c1=O. The Hall–Kier alpha value is -4.11. The van der Waals surface area contributed by atoms with E-state index in [4.69, 9.17) is 16.4 Å². The number of rotatable bonds is 6. The maximum atomic E-state index is 13.5. The molecular weight excluding hydrogens is 468 g/mol. The highest BCUT2D eigenvalue weighted by atomic mass is 35.5.